The lowest BCUT2D eigenvalue weighted by Crippen LogP contribution is -2.58. The maximum Gasteiger partial charge on any atom is 0.326 e. The molecule has 6 atom stereocenters. The number of carbonyl (C=O) groups is 8. The first-order valence-corrected chi connectivity index (χ1v) is 19.7. The van der Waals surface area contributed by atoms with Crippen molar-refractivity contribution in [2.24, 2.45) is 34.0 Å². The van der Waals surface area contributed by atoms with Crippen LogP contribution in [0.15, 0.2) is 17.5 Å². The molecule has 22 nitrogen and oxygen atoms in total. The Morgan fingerprint density at radius 1 is 0.712 bits per heavy atom. The number of guanidine groups is 1. The second-order valence-electron chi connectivity index (χ2n) is 15.1. The van der Waals surface area contributed by atoms with Gasteiger partial charge < -0.3 is 64.5 Å². The molecule has 1 aromatic rings. The number of aliphatic carboxylic acids is 1. The Hall–Kier alpha value is -5.80. The minimum absolute atomic E-state index is 0.0218. The molecule has 22 heteroatoms. The Bertz CT molecular complexity index is 1570. The quantitative estimate of drug-likeness (QED) is 0.0234. The first-order valence-electron chi connectivity index (χ1n) is 19.7. The van der Waals surface area contributed by atoms with Gasteiger partial charge in [-0.25, -0.2) is 9.78 Å². The number of nitrogens with two attached hydrogens (primary N) is 3. The summed E-state index contributed by atoms with van der Waals surface area (Å²) in [5.74, 6) is -6.28. The minimum atomic E-state index is -1.29. The first kappa shape index (κ1) is 51.2. The fourth-order valence-electron chi connectivity index (χ4n) is 5.76. The van der Waals surface area contributed by atoms with E-state index in [9.17, 15) is 43.5 Å². The van der Waals surface area contributed by atoms with Gasteiger partial charge in [0.25, 0.3) is 0 Å². The van der Waals surface area contributed by atoms with Crippen molar-refractivity contribution in [1.29, 1.82) is 0 Å². The zero-order chi connectivity index (χ0) is 44.7. The lowest BCUT2D eigenvalue weighted by Gasteiger charge is -2.26. The molecule has 1 aromatic heterocycles. The van der Waals surface area contributed by atoms with Crippen molar-refractivity contribution < 1.29 is 43.5 Å². The number of aromatic amines is 1. The van der Waals surface area contributed by atoms with Crippen LogP contribution in [-0.2, 0) is 44.8 Å². The average molecular weight is 836 g/mol. The molecule has 0 aliphatic carbocycles. The maximum atomic E-state index is 13.7. The number of imidazole rings is 1. The number of carboxylic acids is 1. The number of hydrogen-bond donors (Lipinski definition) is 12. The molecule has 0 bridgehead atoms. The smallest absolute Gasteiger partial charge is 0.326 e. The number of aromatic nitrogens is 2. The first-order chi connectivity index (χ1) is 27.7. The predicted molar refractivity (Wildman–Crippen MR) is 218 cm³/mol. The summed E-state index contributed by atoms with van der Waals surface area (Å²) in [5.41, 5.74) is 16.7. The highest BCUT2D eigenvalue weighted by Crippen LogP contribution is 2.10. The summed E-state index contributed by atoms with van der Waals surface area (Å²) in [6.45, 7) is 9.90. The standard InChI is InChI=1S/C37H65N13O9/c1-20(2)14-27(49-35(57)29(16-24-17-41-19-44-24)50-33(55)25(46-23(6)51)10-7-8-12-38)32(54)43-18-30(52)47-28(15-21(3)4)34(56)45-22(5)31(53)48-26(36(58)59)11-9-13-42-37(39)40/h17,19-22,25-29H,7-16,18,38H2,1-6H3,(H,41,44)(H,43,54)(H,45,56)(H,46,51)(H,47,52)(H,48,53)(H,49,57)(H,50,55)(H,58,59)(H4,39,40,42)/t22-,25-,26-,27-,28-,29-/m0/s1. The fraction of sp³-hybridized carbons (Fsp3) is 0.676. The van der Waals surface area contributed by atoms with Gasteiger partial charge in [-0.15, -0.1) is 0 Å². The Balaban J connectivity index is 3.02. The Labute approximate surface area is 344 Å². The summed E-state index contributed by atoms with van der Waals surface area (Å²) < 4.78 is 0. The van der Waals surface area contributed by atoms with Gasteiger partial charge in [-0.2, -0.15) is 0 Å². The second-order valence-corrected chi connectivity index (χ2v) is 15.1. The van der Waals surface area contributed by atoms with Crippen molar-refractivity contribution in [2.75, 3.05) is 19.6 Å². The van der Waals surface area contributed by atoms with Crippen molar-refractivity contribution in [2.45, 2.75) is 129 Å². The molecule has 0 unspecified atom stereocenters. The number of unbranched alkanes of at least 4 members (excludes halogenated alkanes) is 1. The molecule has 0 saturated heterocycles. The molecule has 1 rings (SSSR count). The molecule has 332 valence electrons. The van der Waals surface area contributed by atoms with Crippen LogP contribution in [0.25, 0.3) is 0 Å². The van der Waals surface area contributed by atoms with Gasteiger partial charge in [-0.05, 0) is 70.3 Å². The van der Waals surface area contributed by atoms with Gasteiger partial charge in [0.2, 0.25) is 41.4 Å². The van der Waals surface area contributed by atoms with E-state index in [1.807, 2.05) is 27.7 Å². The van der Waals surface area contributed by atoms with E-state index >= 15 is 0 Å². The van der Waals surface area contributed by atoms with Crippen LogP contribution in [0.3, 0.4) is 0 Å². The number of aliphatic imine (C=N–C) groups is 1. The highest BCUT2D eigenvalue weighted by molar-refractivity contribution is 5.96. The molecule has 59 heavy (non-hydrogen) atoms. The Morgan fingerprint density at radius 3 is 1.81 bits per heavy atom. The van der Waals surface area contributed by atoms with Crippen LogP contribution >= 0.6 is 0 Å². The summed E-state index contributed by atoms with van der Waals surface area (Å²) in [6, 6.07) is -6.83. The van der Waals surface area contributed by atoms with Gasteiger partial charge in [0, 0.05) is 31.8 Å². The lowest BCUT2D eigenvalue weighted by molar-refractivity contribution is -0.142. The molecular weight excluding hydrogens is 770 g/mol. The Morgan fingerprint density at radius 2 is 1.27 bits per heavy atom. The number of hydrogen-bond acceptors (Lipinski definition) is 11. The Kier molecular flexibility index (Phi) is 23.4. The monoisotopic (exact) mass is 836 g/mol. The van der Waals surface area contributed by atoms with E-state index in [1.165, 1.54) is 26.4 Å². The molecule has 0 aromatic carbocycles. The summed E-state index contributed by atoms with van der Waals surface area (Å²) in [5, 5.41) is 27.5. The van der Waals surface area contributed by atoms with E-state index in [-0.39, 0.29) is 62.9 Å². The molecule has 15 N–H and O–H groups in total. The average Bonchev–Trinajstić information content (AvgIpc) is 3.66. The molecule has 7 amide bonds. The maximum absolute atomic E-state index is 13.7. The molecule has 0 aliphatic rings. The van der Waals surface area contributed by atoms with Crippen LogP contribution in [-0.4, -0.2) is 124 Å². The molecule has 0 saturated carbocycles. The van der Waals surface area contributed by atoms with Crippen molar-refractivity contribution in [3.05, 3.63) is 18.2 Å². The topological polar surface area (TPSA) is 360 Å². The summed E-state index contributed by atoms with van der Waals surface area (Å²) in [6.07, 6.45) is 4.93. The predicted octanol–water partition coefficient (Wildman–Crippen LogP) is -2.62. The largest absolute Gasteiger partial charge is 0.480 e. The van der Waals surface area contributed by atoms with Crippen LogP contribution in [0.2, 0.25) is 0 Å². The number of rotatable bonds is 28. The van der Waals surface area contributed by atoms with E-state index < -0.39 is 90.1 Å². The van der Waals surface area contributed by atoms with E-state index in [0.29, 0.717) is 25.1 Å². The van der Waals surface area contributed by atoms with Crippen LogP contribution in [0.5, 0.6) is 0 Å². The number of carboxylic acid groups (broad SMARTS) is 1. The van der Waals surface area contributed by atoms with E-state index in [2.05, 4.69) is 52.2 Å². The van der Waals surface area contributed by atoms with Crippen LogP contribution in [0.1, 0.15) is 92.2 Å². The zero-order valence-corrected chi connectivity index (χ0v) is 34.9. The molecular formula is C37H65N13O9. The number of H-pyrrole nitrogens is 1. The number of nitrogens with one attached hydrogen (secondary N) is 8. The zero-order valence-electron chi connectivity index (χ0n) is 34.9. The van der Waals surface area contributed by atoms with Crippen LogP contribution in [0.4, 0.5) is 0 Å². The lowest BCUT2D eigenvalue weighted by atomic mass is 10.0. The molecule has 0 fully saturated rings. The molecule has 0 spiro atoms. The van der Waals surface area contributed by atoms with E-state index in [4.69, 9.17) is 17.2 Å². The van der Waals surface area contributed by atoms with Gasteiger partial charge in [-0.1, -0.05) is 27.7 Å². The van der Waals surface area contributed by atoms with E-state index in [0.717, 1.165) is 0 Å². The van der Waals surface area contributed by atoms with Crippen molar-refractivity contribution >= 4 is 53.3 Å². The highest BCUT2D eigenvalue weighted by Gasteiger charge is 2.32. The van der Waals surface area contributed by atoms with Gasteiger partial charge >= 0.3 is 5.97 Å². The van der Waals surface area contributed by atoms with Crippen molar-refractivity contribution in [1.82, 2.24) is 47.2 Å². The van der Waals surface area contributed by atoms with Gasteiger partial charge in [0.05, 0.1) is 12.9 Å². The second kappa shape index (κ2) is 27.0. The van der Waals surface area contributed by atoms with Crippen LogP contribution in [0, 0.1) is 11.8 Å². The summed E-state index contributed by atoms with van der Waals surface area (Å²) in [4.78, 5) is 114. The third-order valence-electron chi connectivity index (χ3n) is 8.69. The summed E-state index contributed by atoms with van der Waals surface area (Å²) >= 11 is 0. The SMILES string of the molecule is CC(=O)N[C@@H](CCCCN)C(=O)N[C@@H](Cc1cnc[nH]1)C(=O)N[C@@H](CC(C)C)C(=O)NCC(=O)N[C@@H](CC(C)C)C(=O)N[C@@H](C)C(=O)N[C@@H](CCCN=C(N)N)C(=O)O. The van der Waals surface area contributed by atoms with Crippen molar-refractivity contribution in [3.8, 4) is 0 Å². The van der Waals surface area contributed by atoms with Gasteiger partial charge in [-0.3, -0.25) is 38.6 Å². The fourth-order valence-corrected chi connectivity index (χ4v) is 5.76. The number of nitrogens with zero attached hydrogens (tertiary/aromatic N) is 2. The minimum Gasteiger partial charge on any atom is -0.480 e. The molecule has 0 radical (unpaired) electrons. The normalized spacial score (nSPS) is 14.1. The van der Waals surface area contributed by atoms with E-state index in [1.54, 1.807) is 0 Å². The molecule has 1 heterocycles. The van der Waals surface area contributed by atoms with Gasteiger partial charge in [0.1, 0.15) is 36.3 Å². The third-order valence-corrected chi connectivity index (χ3v) is 8.69. The summed E-state index contributed by atoms with van der Waals surface area (Å²) in [7, 11) is 0. The highest BCUT2D eigenvalue weighted by atomic mass is 16.4. The number of amides is 7. The number of carbonyl (C=O) groups excluding carboxylic acids is 7. The van der Waals surface area contributed by atoms with Gasteiger partial charge in [0.15, 0.2) is 5.96 Å². The van der Waals surface area contributed by atoms with Crippen molar-refractivity contribution in [3.63, 3.8) is 0 Å². The van der Waals surface area contributed by atoms with Crippen LogP contribution < -0.4 is 54.4 Å². The molecule has 0 aliphatic heterocycles. The third kappa shape index (κ3) is 21.5.